The molecule has 3 rings (SSSR count). The van der Waals surface area contributed by atoms with Crippen molar-refractivity contribution in [2.45, 2.75) is 0 Å². The number of nitro groups is 1. The summed E-state index contributed by atoms with van der Waals surface area (Å²) in [5.41, 5.74) is 4.36. The highest BCUT2D eigenvalue weighted by molar-refractivity contribution is 6.29. The van der Waals surface area contributed by atoms with Gasteiger partial charge in [0.15, 0.2) is 11.6 Å². The lowest BCUT2D eigenvalue weighted by Crippen LogP contribution is -1.97. The highest BCUT2D eigenvalue weighted by Crippen LogP contribution is 2.20. The molecule has 0 radical (unpaired) electrons. The van der Waals surface area contributed by atoms with E-state index in [1.165, 1.54) is 18.3 Å². The summed E-state index contributed by atoms with van der Waals surface area (Å²) in [7, 11) is 0. The molecule has 0 unspecified atom stereocenters. The van der Waals surface area contributed by atoms with E-state index in [-0.39, 0.29) is 5.69 Å². The molecule has 1 heterocycles. The molecule has 3 aromatic rings. The summed E-state index contributed by atoms with van der Waals surface area (Å²) in [5.74, 6) is 0.929. The van der Waals surface area contributed by atoms with Crippen molar-refractivity contribution in [2.75, 3.05) is 5.43 Å². The smallest absolute Gasteiger partial charge is 0.261 e. The molecule has 0 aliphatic carbocycles. The number of halogens is 1. The van der Waals surface area contributed by atoms with Crippen LogP contribution >= 0.6 is 11.6 Å². The molecule has 25 heavy (non-hydrogen) atoms. The second kappa shape index (κ2) is 7.50. The third-order valence-electron chi connectivity index (χ3n) is 3.22. The lowest BCUT2D eigenvalue weighted by atomic mass is 10.2. The van der Waals surface area contributed by atoms with Crippen LogP contribution < -0.4 is 5.43 Å². The molecular weight excluding hydrogens is 342 g/mol. The van der Waals surface area contributed by atoms with Crippen molar-refractivity contribution in [1.82, 2.24) is 9.97 Å². The minimum absolute atomic E-state index is 0.0280. The Hall–Kier alpha value is -3.32. The van der Waals surface area contributed by atoms with E-state index >= 15 is 0 Å². The van der Waals surface area contributed by atoms with Gasteiger partial charge in [0.25, 0.3) is 5.69 Å². The van der Waals surface area contributed by atoms with Gasteiger partial charge in [0.1, 0.15) is 5.15 Å². The van der Waals surface area contributed by atoms with Crippen LogP contribution in [-0.4, -0.2) is 21.1 Å². The van der Waals surface area contributed by atoms with Gasteiger partial charge in [-0.3, -0.25) is 15.5 Å². The van der Waals surface area contributed by atoms with Gasteiger partial charge in [-0.15, -0.1) is 0 Å². The Kier molecular flexibility index (Phi) is 4.96. The molecule has 1 N–H and O–H groups in total. The van der Waals surface area contributed by atoms with Gasteiger partial charge in [0.05, 0.1) is 11.1 Å². The number of anilines is 1. The van der Waals surface area contributed by atoms with Crippen molar-refractivity contribution in [2.24, 2.45) is 5.10 Å². The monoisotopic (exact) mass is 353 g/mol. The molecule has 0 aliphatic rings. The second-order valence-corrected chi connectivity index (χ2v) is 5.37. The third kappa shape index (κ3) is 4.36. The van der Waals surface area contributed by atoms with E-state index in [2.05, 4.69) is 20.5 Å². The third-order valence-corrected chi connectivity index (χ3v) is 3.42. The molecule has 0 saturated carbocycles. The van der Waals surface area contributed by atoms with Crippen molar-refractivity contribution in [1.29, 1.82) is 0 Å². The zero-order valence-electron chi connectivity index (χ0n) is 12.8. The number of hydrogen-bond acceptors (Lipinski definition) is 6. The number of non-ortho nitro benzene ring substituents is 1. The highest BCUT2D eigenvalue weighted by atomic mass is 35.5. The number of hydrazone groups is 1. The zero-order valence-corrected chi connectivity index (χ0v) is 13.6. The summed E-state index contributed by atoms with van der Waals surface area (Å²) < 4.78 is 0. The van der Waals surface area contributed by atoms with Crippen LogP contribution in [0.25, 0.3) is 11.4 Å². The van der Waals surface area contributed by atoms with Gasteiger partial charge in [-0.05, 0) is 17.7 Å². The number of rotatable bonds is 5. The Bertz CT molecular complexity index is 914. The molecule has 0 bridgehead atoms. The molecular formula is C17H12ClN5O2. The van der Waals surface area contributed by atoms with Gasteiger partial charge < -0.3 is 0 Å². The van der Waals surface area contributed by atoms with Crippen LogP contribution in [0.5, 0.6) is 0 Å². The molecule has 1 aromatic heterocycles. The van der Waals surface area contributed by atoms with E-state index in [9.17, 15) is 10.1 Å². The Morgan fingerprint density at radius 3 is 2.48 bits per heavy atom. The van der Waals surface area contributed by atoms with E-state index in [4.69, 9.17) is 11.6 Å². The van der Waals surface area contributed by atoms with E-state index in [0.29, 0.717) is 22.4 Å². The predicted molar refractivity (Wildman–Crippen MR) is 96.8 cm³/mol. The topological polar surface area (TPSA) is 93.3 Å². The van der Waals surface area contributed by atoms with Gasteiger partial charge in [-0.1, -0.05) is 41.9 Å². The van der Waals surface area contributed by atoms with Gasteiger partial charge in [-0.2, -0.15) is 5.10 Å². The van der Waals surface area contributed by atoms with Gasteiger partial charge in [0, 0.05) is 23.8 Å². The Labute approximate surface area is 148 Å². The average Bonchev–Trinajstić information content (AvgIpc) is 2.62. The average molecular weight is 354 g/mol. The predicted octanol–water partition coefficient (Wildman–Crippen LogP) is 4.15. The molecule has 2 aromatic carbocycles. The van der Waals surface area contributed by atoms with Crippen LogP contribution in [0.3, 0.4) is 0 Å². The van der Waals surface area contributed by atoms with Crippen molar-refractivity contribution in [3.8, 4) is 11.4 Å². The van der Waals surface area contributed by atoms with E-state index in [0.717, 1.165) is 5.56 Å². The fourth-order valence-electron chi connectivity index (χ4n) is 2.05. The molecule has 0 spiro atoms. The van der Waals surface area contributed by atoms with Gasteiger partial charge >= 0.3 is 0 Å². The normalized spacial score (nSPS) is 10.8. The lowest BCUT2D eigenvalue weighted by molar-refractivity contribution is -0.384. The zero-order chi connectivity index (χ0) is 17.6. The molecule has 0 aliphatic heterocycles. The first kappa shape index (κ1) is 16.5. The van der Waals surface area contributed by atoms with Crippen molar-refractivity contribution in [3.05, 3.63) is 81.5 Å². The number of aromatic nitrogens is 2. The maximum atomic E-state index is 10.6. The van der Waals surface area contributed by atoms with Gasteiger partial charge in [0.2, 0.25) is 0 Å². The number of benzene rings is 2. The Morgan fingerprint density at radius 2 is 1.80 bits per heavy atom. The first-order valence-electron chi connectivity index (χ1n) is 7.25. The summed E-state index contributed by atoms with van der Waals surface area (Å²) in [4.78, 5) is 18.7. The maximum absolute atomic E-state index is 10.6. The van der Waals surface area contributed by atoms with Crippen LogP contribution in [-0.2, 0) is 0 Å². The SMILES string of the molecule is O=[N+]([O-])c1ccc(/C=N\Nc2cc(Cl)nc(-c3ccccc3)n2)cc1. The molecule has 0 atom stereocenters. The Morgan fingerprint density at radius 1 is 1.08 bits per heavy atom. The van der Waals surface area contributed by atoms with Crippen LogP contribution in [0.1, 0.15) is 5.56 Å². The van der Waals surface area contributed by atoms with Crippen LogP contribution in [0, 0.1) is 10.1 Å². The maximum Gasteiger partial charge on any atom is 0.269 e. The number of nitrogens with one attached hydrogen (secondary N) is 1. The minimum Gasteiger partial charge on any atom is -0.261 e. The number of nitro benzene ring substituents is 1. The Balaban J connectivity index is 1.74. The summed E-state index contributed by atoms with van der Waals surface area (Å²) in [5, 5.41) is 15.0. The summed E-state index contributed by atoms with van der Waals surface area (Å²) >= 11 is 6.04. The minimum atomic E-state index is -0.451. The quantitative estimate of drug-likeness (QED) is 0.322. The first-order chi connectivity index (χ1) is 12.1. The fourth-order valence-corrected chi connectivity index (χ4v) is 2.23. The largest absolute Gasteiger partial charge is 0.269 e. The van der Waals surface area contributed by atoms with Crippen molar-refractivity contribution in [3.63, 3.8) is 0 Å². The van der Waals surface area contributed by atoms with Crippen molar-refractivity contribution >= 4 is 29.3 Å². The molecule has 0 saturated heterocycles. The summed E-state index contributed by atoms with van der Waals surface area (Å²) in [6.07, 6.45) is 1.53. The number of hydrogen-bond donors (Lipinski definition) is 1. The number of nitrogens with zero attached hydrogens (tertiary/aromatic N) is 4. The highest BCUT2D eigenvalue weighted by Gasteiger charge is 2.05. The van der Waals surface area contributed by atoms with E-state index in [1.54, 1.807) is 18.2 Å². The summed E-state index contributed by atoms with van der Waals surface area (Å²) in [6, 6.07) is 17.0. The molecule has 0 amide bonds. The molecule has 124 valence electrons. The van der Waals surface area contributed by atoms with Crippen LogP contribution in [0.4, 0.5) is 11.5 Å². The molecule has 7 nitrogen and oxygen atoms in total. The second-order valence-electron chi connectivity index (χ2n) is 4.98. The molecule has 0 fully saturated rings. The van der Waals surface area contributed by atoms with Crippen molar-refractivity contribution < 1.29 is 4.92 Å². The fraction of sp³-hybridized carbons (Fsp3) is 0. The van der Waals surface area contributed by atoms with E-state index in [1.807, 2.05) is 30.3 Å². The summed E-state index contributed by atoms with van der Waals surface area (Å²) in [6.45, 7) is 0. The molecule has 8 heteroatoms. The van der Waals surface area contributed by atoms with E-state index < -0.39 is 4.92 Å². The standard InChI is InChI=1S/C17H12ClN5O2/c18-15-10-16(21-17(20-15)13-4-2-1-3-5-13)22-19-11-12-6-8-14(9-7-12)23(24)25/h1-11H,(H,20,21,22)/b19-11-. The van der Waals surface area contributed by atoms with Crippen LogP contribution in [0.15, 0.2) is 65.8 Å². The van der Waals surface area contributed by atoms with Crippen LogP contribution in [0.2, 0.25) is 5.15 Å². The van der Waals surface area contributed by atoms with Gasteiger partial charge in [-0.25, -0.2) is 9.97 Å². The lowest BCUT2D eigenvalue weighted by Gasteiger charge is -2.04. The first-order valence-corrected chi connectivity index (χ1v) is 7.63.